The summed E-state index contributed by atoms with van der Waals surface area (Å²) in [6.07, 6.45) is -0.665. The second-order valence-corrected chi connectivity index (χ2v) is 4.84. The van der Waals surface area contributed by atoms with Crippen LogP contribution in [0.25, 0.3) is 0 Å². The molecule has 0 saturated carbocycles. The summed E-state index contributed by atoms with van der Waals surface area (Å²) < 4.78 is 11.3. The van der Waals surface area contributed by atoms with E-state index in [4.69, 9.17) is 9.47 Å². The third-order valence-corrected chi connectivity index (χ3v) is 3.07. The molecule has 2 atom stereocenters. The van der Waals surface area contributed by atoms with Crippen molar-refractivity contribution in [1.29, 1.82) is 0 Å². The topological polar surface area (TPSA) is 55.8 Å². The molecule has 92 valence electrons. The molecule has 5 heteroatoms. The van der Waals surface area contributed by atoms with Gasteiger partial charge in [-0.05, 0) is 25.1 Å². The Kier molecular flexibility index (Phi) is 3.69. The lowest BCUT2D eigenvalue weighted by Crippen LogP contribution is -2.22. The molecule has 0 bridgehead atoms. The van der Waals surface area contributed by atoms with Gasteiger partial charge in [-0.25, -0.2) is 4.79 Å². The van der Waals surface area contributed by atoms with Gasteiger partial charge in [-0.3, -0.25) is 0 Å². The van der Waals surface area contributed by atoms with Crippen LogP contribution in [-0.2, 0) is 9.53 Å². The molecule has 2 rings (SSSR count). The monoisotopic (exact) mass is 300 g/mol. The molecule has 0 radical (unpaired) electrons. The molecular weight excluding hydrogens is 288 g/mol. The van der Waals surface area contributed by atoms with Gasteiger partial charge in [0.25, 0.3) is 0 Å². The Morgan fingerprint density at radius 3 is 2.94 bits per heavy atom. The third kappa shape index (κ3) is 2.79. The van der Waals surface area contributed by atoms with Gasteiger partial charge >= 0.3 is 5.97 Å². The van der Waals surface area contributed by atoms with Crippen LogP contribution in [0.15, 0.2) is 22.7 Å². The van der Waals surface area contributed by atoms with Crippen LogP contribution < -0.4 is 4.74 Å². The Hall–Kier alpha value is -1.07. The predicted octanol–water partition coefficient (Wildman–Crippen LogP) is 2.20. The van der Waals surface area contributed by atoms with E-state index in [2.05, 4.69) is 15.9 Å². The first kappa shape index (κ1) is 12.4. The highest BCUT2D eigenvalue weighted by Gasteiger charge is 2.29. The van der Waals surface area contributed by atoms with Gasteiger partial charge in [-0.1, -0.05) is 15.9 Å². The Morgan fingerprint density at radius 1 is 1.59 bits per heavy atom. The lowest BCUT2D eigenvalue weighted by atomic mass is 10.1. The molecule has 4 nitrogen and oxygen atoms in total. The second kappa shape index (κ2) is 5.06. The number of carbonyl (C=O) groups is 1. The van der Waals surface area contributed by atoms with E-state index in [0.29, 0.717) is 24.3 Å². The fourth-order valence-corrected chi connectivity index (χ4v) is 2.07. The Morgan fingerprint density at radius 2 is 2.35 bits per heavy atom. The number of aliphatic hydroxyl groups excluding tert-OH is 1. The van der Waals surface area contributed by atoms with Crippen molar-refractivity contribution in [3.63, 3.8) is 0 Å². The van der Waals surface area contributed by atoms with E-state index in [1.165, 1.54) is 0 Å². The predicted molar refractivity (Wildman–Crippen MR) is 64.8 cm³/mol. The first-order valence-electron chi connectivity index (χ1n) is 5.38. The van der Waals surface area contributed by atoms with E-state index in [1.807, 2.05) is 6.07 Å². The van der Waals surface area contributed by atoms with E-state index >= 15 is 0 Å². The van der Waals surface area contributed by atoms with E-state index < -0.39 is 12.2 Å². The molecule has 1 N–H and O–H groups in total. The van der Waals surface area contributed by atoms with Crippen molar-refractivity contribution < 1.29 is 19.4 Å². The van der Waals surface area contributed by atoms with Crippen LogP contribution in [0.1, 0.15) is 25.0 Å². The van der Waals surface area contributed by atoms with Crippen LogP contribution in [0.5, 0.6) is 5.75 Å². The number of cyclic esters (lactones) is 1. The van der Waals surface area contributed by atoms with Crippen LogP contribution in [0.3, 0.4) is 0 Å². The van der Waals surface area contributed by atoms with Crippen LogP contribution >= 0.6 is 15.9 Å². The largest absolute Gasteiger partial charge is 0.478 e. The van der Waals surface area contributed by atoms with E-state index in [1.54, 1.807) is 19.1 Å². The molecule has 0 spiro atoms. The molecule has 0 aliphatic carbocycles. The highest BCUT2D eigenvalue weighted by atomic mass is 79.9. The summed E-state index contributed by atoms with van der Waals surface area (Å²) in [6, 6.07) is 5.32. The molecule has 0 aromatic heterocycles. The van der Waals surface area contributed by atoms with Gasteiger partial charge in [0.2, 0.25) is 0 Å². The van der Waals surface area contributed by atoms with Crippen molar-refractivity contribution in [2.75, 3.05) is 6.61 Å². The lowest BCUT2D eigenvalue weighted by molar-refractivity contribution is -0.143. The molecular formula is C12H13BrO4. The van der Waals surface area contributed by atoms with E-state index in [-0.39, 0.29) is 5.97 Å². The van der Waals surface area contributed by atoms with Crippen molar-refractivity contribution in [2.24, 2.45) is 0 Å². The minimum Gasteiger partial charge on any atom is -0.478 e. The van der Waals surface area contributed by atoms with Gasteiger partial charge in [-0.15, -0.1) is 0 Å². The molecule has 1 aromatic carbocycles. The smallest absolute Gasteiger partial charge is 0.347 e. The zero-order valence-electron chi connectivity index (χ0n) is 9.35. The van der Waals surface area contributed by atoms with Gasteiger partial charge in [0.05, 0.1) is 12.7 Å². The van der Waals surface area contributed by atoms with E-state index in [0.717, 1.165) is 4.47 Å². The van der Waals surface area contributed by atoms with E-state index in [9.17, 15) is 9.90 Å². The van der Waals surface area contributed by atoms with Crippen LogP contribution in [-0.4, -0.2) is 23.8 Å². The second-order valence-electron chi connectivity index (χ2n) is 3.92. The molecule has 1 aliphatic heterocycles. The molecule has 0 amide bonds. The number of esters is 1. The quantitative estimate of drug-likeness (QED) is 0.870. The molecule has 2 unspecified atom stereocenters. The average Bonchev–Trinajstić information content (AvgIpc) is 2.67. The number of halogens is 1. The molecule has 1 heterocycles. The normalized spacial score (nSPS) is 21.1. The SMILES string of the molecule is CC(O)c1cc(Br)ccc1OC1CCOC1=O. The van der Waals surface area contributed by atoms with Gasteiger partial charge < -0.3 is 14.6 Å². The average molecular weight is 301 g/mol. The summed E-state index contributed by atoms with van der Waals surface area (Å²) in [7, 11) is 0. The molecule has 17 heavy (non-hydrogen) atoms. The van der Waals surface area contributed by atoms with Gasteiger partial charge in [0, 0.05) is 16.5 Å². The van der Waals surface area contributed by atoms with Crippen molar-refractivity contribution in [3.05, 3.63) is 28.2 Å². The van der Waals surface area contributed by atoms with Gasteiger partial charge in [0.1, 0.15) is 5.75 Å². The van der Waals surface area contributed by atoms with Crippen LogP contribution in [0.4, 0.5) is 0 Å². The molecule has 1 saturated heterocycles. The zero-order valence-corrected chi connectivity index (χ0v) is 10.9. The number of ether oxygens (including phenoxy) is 2. The highest BCUT2D eigenvalue weighted by molar-refractivity contribution is 9.10. The highest BCUT2D eigenvalue weighted by Crippen LogP contribution is 2.30. The summed E-state index contributed by atoms with van der Waals surface area (Å²) in [5, 5.41) is 9.65. The number of hydrogen-bond acceptors (Lipinski definition) is 4. The third-order valence-electron chi connectivity index (χ3n) is 2.58. The number of benzene rings is 1. The fourth-order valence-electron chi connectivity index (χ4n) is 1.69. The van der Waals surface area contributed by atoms with Crippen LogP contribution in [0.2, 0.25) is 0 Å². The van der Waals surface area contributed by atoms with Gasteiger partial charge in [0.15, 0.2) is 6.10 Å². The summed E-state index contributed by atoms with van der Waals surface area (Å²) in [4.78, 5) is 11.3. The van der Waals surface area contributed by atoms with Crippen molar-refractivity contribution in [2.45, 2.75) is 25.6 Å². The van der Waals surface area contributed by atoms with Crippen molar-refractivity contribution >= 4 is 21.9 Å². The number of rotatable bonds is 3. The minimum atomic E-state index is -0.653. The first-order chi connectivity index (χ1) is 8.08. The Balaban J connectivity index is 2.22. The first-order valence-corrected chi connectivity index (χ1v) is 6.18. The number of aliphatic hydroxyl groups is 1. The maximum atomic E-state index is 11.3. The summed E-state index contributed by atoms with van der Waals surface area (Å²) in [6.45, 7) is 2.05. The number of carbonyl (C=O) groups excluding carboxylic acids is 1. The standard InChI is InChI=1S/C12H13BrO4/c1-7(14)9-6-8(13)2-3-10(9)17-11-4-5-16-12(11)15/h2-3,6-7,11,14H,4-5H2,1H3. The lowest BCUT2D eigenvalue weighted by Gasteiger charge is -2.16. The Bertz CT molecular complexity index is 431. The summed E-state index contributed by atoms with van der Waals surface area (Å²) in [5.41, 5.74) is 0.652. The minimum absolute atomic E-state index is 0.343. The van der Waals surface area contributed by atoms with Crippen LogP contribution in [0, 0.1) is 0 Å². The fraction of sp³-hybridized carbons (Fsp3) is 0.417. The summed E-state index contributed by atoms with van der Waals surface area (Å²) >= 11 is 3.33. The van der Waals surface area contributed by atoms with Gasteiger partial charge in [-0.2, -0.15) is 0 Å². The van der Waals surface area contributed by atoms with Crippen molar-refractivity contribution in [3.8, 4) is 5.75 Å². The maximum Gasteiger partial charge on any atom is 0.347 e. The molecule has 1 aromatic rings. The van der Waals surface area contributed by atoms with Crippen molar-refractivity contribution in [1.82, 2.24) is 0 Å². The maximum absolute atomic E-state index is 11.3. The Labute approximate surface area is 108 Å². The molecule has 1 fully saturated rings. The zero-order chi connectivity index (χ0) is 12.4. The number of hydrogen-bond donors (Lipinski definition) is 1. The summed E-state index contributed by atoms with van der Waals surface area (Å²) in [5.74, 6) is 0.177. The molecule has 1 aliphatic rings.